The van der Waals surface area contributed by atoms with E-state index < -0.39 is 11.9 Å². The second kappa shape index (κ2) is 8.98. The molecule has 18 heavy (non-hydrogen) atoms. The molecule has 100 valence electrons. The van der Waals surface area contributed by atoms with Crippen molar-refractivity contribution >= 4 is 11.9 Å². The van der Waals surface area contributed by atoms with Crippen LogP contribution >= 0.6 is 0 Å². The average molecular weight is 255 g/mol. The summed E-state index contributed by atoms with van der Waals surface area (Å²) in [6, 6.07) is 3.73. The first-order valence-electron chi connectivity index (χ1n) is 5.53. The molecule has 0 amide bonds. The van der Waals surface area contributed by atoms with Crippen molar-refractivity contribution in [3.63, 3.8) is 0 Å². The van der Waals surface area contributed by atoms with E-state index in [1.54, 1.807) is 6.20 Å². The van der Waals surface area contributed by atoms with E-state index in [0.717, 1.165) is 18.4 Å². The second-order valence-corrected chi connectivity index (χ2v) is 3.52. The molecule has 0 saturated carbocycles. The van der Waals surface area contributed by atoms with Crippen LogP contribution in [0.2, 0.25) is 0 Å². The van der Waals surface area contributed by atoms with Gasteiger partial charge in [0.2, 0.25) is 5.88 Å². The topological polar surface area (TPSA) is 108 Å². The Hall–Kier alpha value is -2.11. The Morgan fingerprint density at radius 3 is 2.17 bits per heavy atom. The number of aryl methyl sites for hydroxylation is 1. The van der Waals surface area contributed by atoms with Crippen molar-refractivity contribution in [2.45, 2.75) is 32.6 Å². The summed E-state index contributed by atoms with van der Waals surface area (Å²) in [6.07, 6.45) is 2.94. The first-order chi connectivity index (χ1) is 8.47. The third kappa shape index (κ3) is 8.09. The lowest BCUT2D eigenvalue weighted by molar-refractivity contribution is -0.143. The third-order valence-corrected chi connectivity index (χ3v) is 1.94. The molecule has 0 unspecified atom stereocenters. The van der Waals surface area contributed by atoms with Crippen LogP contribution in [0.15, 0.2) is 18.3 Å². The van der Waals surface area contributed by atoms with Crippen molar-refractivity contribution in [1.82, 2.24) is 4.98 Å². The van der Waals surface area contributed by atoms with Gasteiger partial charge in [-0.3, -0.25) is 9.59 Å². The normalized spacial score (nSPS) is 9.17. The molecule has 0 radical (unpaired) electrons. The van der Waals surface area contributed by atoms with E-state index in [1.807, 2.05) is 12.1 Å². The monoisotopic (exact) mass is 255 g/mol. The minimum atomic E-state index is -1.08. The van der Waals surface area contributed by atoms with Gasteiger partial charge in [-0.25, -0.2) is 4.98 Å². The molecular formula is C12H17NO5. The maximum absolute atomic E-state index is 9.64. The van der Waals surface area contributed by atoms with Gasteiger partial charge in [0, 0.05) is 11.8 Å². The summed E-state index contributed by atoms with van der Waals surface area (Å²) >= 11 is 0. The van der Waals surface area contributed by atoms with Gasteiger partial charge >= 0.3 is 11.9 Å². The van der Waals surface area contributed by atoms with Gasteiger partial charge in [0.05, 0.1) is 12.8 Å². The molecule has 6 nitrogen and oxygen atoms in total. The van der Waals surface area contributed by atoms with Crippen LogP contribution in [0.3, 0.4) is 0 Å². The highest BCUT2D eigenvalue weighted by Crippen LogP contribution is 2.12. The minimum Gasteiger partial charge on any atom is -0.493 e. The minimum absolute atomic E-state index is 0.171. The summed E-state index contributed by atoms with van der Waals surface area (Å²) in [4.78, 5) is 23.0. The van der Waals surface area contributed by atoms with Gasteiger partial charge in [-0.05, 0) is 12.5 Å². The van der Waals surface area contributed by atoms with Crippen LogP contribution < -0.4 is 0 Å². The van der Waals surface area contributed by atoms with Crippen LogP contribution in [0.25, 0.3) is 0 Å². The average Bonchev–Trinajstić information content (AvgIpc) is 2.31. The van der Waals surface area contributed by atoms with Gasteiger partial charge < -0.3 is 15.3 Å². The van der Waals surface area contributed by atoms with Gasteiger partial charge in [0.1, 0.15) is 0 Å². The van der Waals surface area contributed by atoms with E-state index in [2.05, 4.69) is 11.9 Å². The van der Waals surface area contributed by atoms with Crippen molar-refractivity contribution in [1.29, 1.82) is 0 Å². The number of nitrogens with zero attached hydrogens (tertiary/aromatic N) is 1. The Kier molecular flexibility index (Phi) is 7.92. The highest BCUT2D eigenvalue weighted by molar-refractivity contribution is 5.75. The quantitative estimate of drug-likeness (QED) is 0.738. The summed E-state index contributed by atoms with van der Waals surface area (Å²) in [5, 5.41) is 24.9. The van der Waals surface area contributed by atoms with E-state index in [4.69, 9.17) is 15.3 Å². The van der Waals surface area contributed by atoms with E-state index in [-0.39, 0.29) is 18.7 Å². The van der Waals surface area contributed by atoms with Crippen LogP contribution in [0.1, 0.15) is 31.7 Å². The Labute approximate surface area is 105 Å². The Morgan fingerprint density at radius 2 is 1.78 bits per heavy atom. The van der Waals surface area contributed by atoms with Crippen molar-refractivity contribution < 1.29 is 24.9 Å². The SMILES string of the molecule is CCCc1cccnc1O.O=C(O)CCC(=O)O. The fraction of sp³-hybridized carbons (Fsp3) is 0.417. The van der Waals surface area contributed by atoms with Crippen molar-refractivity contribution in [2.75, 3.05) is 0 Å². The molecule has 1 heterocycles. The summed E-state index contributed by atoms with van der Waals surface area (Å²) < 4.78 is 0. The van der Waals surface area contributed by atoms with Crippen molar-refractivity contribution in [3.05, 3.63) is 23.9 Å². The van der Waals surface area contributed by atoms with Gasteiger partial charge in [0.25, 0.3) is 0 Å². The van der Waals surface area contributed by atoms with Gasteiger partial charge in [-0.15, -0.1) is 0 Å². The fourth-order valence-electron chi connectivity index (χ4n) is 1.11. The Balaban J connectivity index is 0.000000331. The maximum Gasteiger partial charge on any atom is 0.303 e. The number of hydrogen-bond acceptors (Lipinski definition) is 4. The number of carboxylic acids is 2. The molecule has 1 rings (SSSR count). The van der Waals surface area contributed by atoms with Gasteiger partial charge in [-0.1, -0.05) is 19.4 Å². The third-order valence-electron chi connectivity index (χ3n) is 1.94. The number of hydrogen-bond donors (Lipinski definition) is 3. The number of pyridine rings is 1. The highest BCUT2D eigenvalue weighted by Gasteiger charge is 2.00. The lowest BCUT2D eigenvalue weighted by Gasteiger charge is -1.98. The van der Waals surface area contributed by atoms with Gasteiger partial charge in [0.15, 0.2) is 0 Å². The van der Waals surface area contributed by atoms with Gasteiger partial charge in [-0.2, -0.15) is 0 Å². The maximum atomic E-state index is 9.64. The zero-order valence-electron chi connectivity index (χ0n) is 10.2. The zero-order chi connectivity index (χ0) is 14.0. The smallest absolute Gasteiger partial charge is 0.303 e. The lowest BCUT2D eigenvalue weighted by atomic mass is 10.2. The zero-order valence-corrected chi connectivity index (χ0v) is 10.2. The fourth-order valence-corrected chi connectivity index (χ4v) is 1.11. The predicted molar refractivity (Wildman–Crippen MR) is 64.4 cm³/mol. The molecule has 0 fully saturated rings. The summed E-state index contributed by atoms with van der Waals surface area (Å²) in [5.41, 5.74) is 0.935. The molecule has 0 aliphatic heterocycles. The number of carbonyl (C=O) groups is 2. The molecule has 6 heteroatoms. The first-order valence-corrected chi connectivity index (χ1v) is 5.53. The summed E-state index contributed by atoms with van der Waals surface area (Å²) in [6.45, 7) is 2.08. The number of aromatic nitrogens is 1. The molecule has 0 bridgehead atoms. The molecule has 3 N–H and O–H groups in total. The molecule has 0 aliphatic carbocycles. The molecule has 0 saturated heterocycles. The summed E-state index contributed by atoms with van der Waals surface area (Å²) in [7, 11) is 0. The molecule has 0 atom stereocenters. The second-order valence-electron chi connectivity index (χ2n) is 3.52. The lowest BCUT2D eigenvalue weighted by Crippen LogP contribution is -2.00. The van der Waals surface area contributed by atoms with Crippen LogP contribution in [-0.4, -0.2) is 32.2 Å². The Morgan fingerprint density at radius 1 is 1.22 bits per heavy atom. The summed E-state index contributed by atoms with van der Waals surface area (Å²) in [5.74, 6) is -1.98. The Bertz CT molecular complexity index is 378. The predicted octanol–water partition coefficient (Wildman–Crippen LogP) is 1.68. The largest absolute Gasteiger partial charge is 0.493 e. The first kappa shape index (κ1) is 15.9. The number of rotatable bonds is 5. The molecule has 0 aliphatic rings. The van der Waals surface area contributed by atoms with E-state index in [1.165, 1.54) is 0 Å². The number of aliphatic carboxylic acids is 2. The van der Waals surface area contributed by atoms with E-state index in [9.17, 15) is 9.59 Å². The van der Waals surface area contributed by atoms with Crippen molar-refractivity contribution in [3.8, 4) is 5.88 Å². The van der Waals surface area contributed by atoms with E-state index >= 15 is 0 Å². The van der Waals surface area contributed by atoms with Crippen LogP contribution in [-0.2, 0) is 16.0 Å². The number of aromatic hydroxyl groups is 1. The molecule has 0 aromatic carbocycles. The number of carboxylic acid groups (broad SMARTS) is 2. The van der Waals surface area contributed by atoms with E-state index in [0.29, 0.717) is 0 Å². The van der Waals surface area contributed by atoms with Crippen LogP contribution in [0, 0.1) is 0 Å². The highest BCUT2D eigenvalue weighted by atomic mass is 16.4. The molecule has 1 aromatic rings. The molecule has 0 spiro atoms. The molecule has 1 aromatic heterocycles. The van der Waals surface area contributed by atoms with Crippen LogP contribution in [0.5, 0.6) is 5.88 Å². The van der Waals surface area contributed by atoms with Crippen LogP contribution in [0.4, 0.5) is 0 Å². The molecular weight excluding hydrogens is 238 g/mol. The van der Waals surface area contributed by atoms with Crippen molar-refractivity contribution in [2.24, 2.45) is 0 Å². The standard InChI is InChI=1S/C8H11NO.C4H6O4/c1-2-4-7-5-3-6-9-8(7)10;5-3(6)1-2-4(7)8/h3,5-6H,2,4H2,1H3,(H,9,10);1-2H2,(H,5,6)(H,7,8).